The summed E-state index contributed by atoms with van der Waals surface area (Å²) in [6.45, 7) is 0. The molecule has 3 nitrogen and oxygen atoms in total. The first-order valence-corrected chi connectivity index (χ1v) is 17.5. The van der Waals surface area contributed by atoms with E-state index in [0.717, 1.165) is 11.4 Å². The number of nitrogens with zero attached hydrogens (tertiary/aromatic N) is 3. The van der Waals surface area contributed by atoms with Crippen molar-refractivity contribution in [3.63, 3.8) is 0 Å². The maximum absolute atomic E-state index is 2.46. The van der Waals surface area contributed by atoms with Gasteiger partial charge in [-0.3, -0.25) is 0 Å². The van der Waals surface area contributed by atoms with E-state index >= 15 is 0 Å². The highest BCUT2D eigenvalue weighted by atomic mass is 15.0. The molecule has 0 unspecified atom stereocenters. The first-order chi connectivity index (χ1) is 25.3. The lowest BCUT2D eigenvalue weighted by Crippen LogP contribution is -1.96. The summed E-state index contributed by atoms with van der Waals surface area (Å²) in [5, 5.41) is 7.48. The molecule has 0 N–H and O–H groups in total. The van der Waals surface area contributed by atoms with E-state index in [9.17, 15) is 0 Å². The molecule has 51 heavy (non-hydrogen) atoms. The van der Waals surface area contributed by atoms with Gasteiger partial charge in [-0.15, -0.1) is 0 Å². The summed E-state index contributed by atoms with van der Waals surface area (Å²) in [6, 6.07) is 68.4. The van der Waals surface area contributed by atoms with Gasteiger partial charge in [-0.2, -0.15) is 0 Å². The Bertz CT molecular complexity index is 3120. The fourth-order valence-corrected chi connectivity index (χ4v) is 8.40. The molecule has 3 aromatic heterocycles. The fraction of sp³-hybridized carbons (Fsp3) is 0. The number of aromatic nitrogens is 3. The summed E-state index contributed by atoms with van der Waals surface area (Å²) in [5.74, 6) is 0. The molecule has 0 saturated carbocycles. The molecular weight excluding hydrogens is 619 g/mol. The maximum Gasteiger partial charge on any atom is 0.0548 e. The lowest BCUT2D eigenvalue weighted by molar-refractivity contribution is 1.16. The summed E-state index contributed by atoms with van der Waals surface area (Å²) >= 11 is 0. The van der Waals surface area contributed by atoms with Crippen molar-refractivity contribution in [3.8, 4) is 28.2 Å². The standard InChI is InChI=1S/C48H31N3/c1-3-14-32(15-4-1)33-16-13-19-35(28-33)50-44-24-11-8-21-38(44)41-31-48-42(30-47(41)50)39-22-9-12-25-45(39)51(48)36-26-27-46-40(29-36)37-20-7-10-23-43(37)49(46)34-17-5-2-6-18-34/h1-31H. The second-order valence-electron chi connectivity index (χ2n) is 13.4. The molecule has 3 heterocycles. The molecule has 0 amide bonds. The van der Waals surface area contributed by atoms with Crippen molar-refractivity contribution in [2.75, 3.05) is 0 Å². The monoisotopic (exact) mass is 649 g/mol. The molecule has 11 aromatic rings. The van der Waals surface area contributed by atoms with Crippen LogP contribution in [0.5, 0.6) is 0 Å². The van der Waals surface area contributed by atoms with Crippen LogP contribution >= 0.6 is 0 Å². The van der Waals surface area contributed by atoms with Crippen LogP contribution in [0, 0.1) is 0 Å². The Balaban J connectivity index is 1.19. The quantitative estimate of drug-likeness (QED) is 0.180. The molecule has 0 atom stereocenters. The molecule has 0 bridgehead atoms. The van der Waals surface area contributed by atoms with Crippen LogP contribution in [0.2, 0.25) is 0 Å². The van der Waals surface area contributed by atoms with Crippen molar-refractivity contribution in [2.45, 2.75) is 0 Å². The third-order valence-corrected chi connectivity index (χ3v) is 10.6. The largest absolute Gasteiger partial charge is 0.309 e. The van der Waals surface area contributed by atoms with Crippen LogP contribution in [0.25, 0.3) is 93.6 Å². The average Bonchev–Trinajstić information content (AvgIpc) is 3.83. The molecule has 0 fully saturated rings. The Kier molecular flexibility index (Phi) is 5.96. The Morgan fingerprint density at radius 3 is 1.22 bits per heavy atom. The Morgan fingerprint density at radius 1 is 0.216 bits per heavy atom. The number of para-hydroxylation sites is 4. The van der Waals surface area contributed by atoms with Crippen molar-refractivity contribution in [3.05, 3.63) is 188 Å². The van der Waals surface area contributed by atoms with Crippen LogP contribution in [0.15, 0.2) is 188 Å². The predicted molar refractivity (Wildman–Crippen MR) is 215 cm³/mol. The molecule has 8 aromatic carbocycles. The number of fused-ring (bicyclic) bond motifs is 9. The van der Waals surface area contributed by atoms with Gasteiger partial charge in [-0.05, 0) is 83.9 Å². The van der Waals surface area contributed by atoms with Gasteiger partial charge in [0.2, 0.25) is 0 Å². The lowest BCUT2D eigenvalue weighted by atomic mass is 10.1. The Morgan fingerprint density at radius 2 is 0.627 bits per heavy atom. The molecule has 0 aliphatic rings. The zero-order valence-corrected chi connectivity index (χ0v) is 27.7. The molecule has 0 aliphatic carbocycles. The zero-order valence-electron chi connectivity index (χ0n) is 27.7. The molecule has 3 heteroatoms. The normalized spacial score (nSPS) is 11.9. The second-order valence-corrected chi connectivity index (χ2v) is 13.4. The van der Waals surface area contributed by atoms with Gasteiger partial charge in [-0.25, -0.2) is 0 Å². The van der Waals surface area contributed by atoms with E-state index in [0.29, 0.717) is 0 Å². The minimum absolute atomic E-state index is 1.16. The smallest absolute Gasteiger partial charge is 0.0548 e. The lowest BCUT2D eigenvalue weighted by Gasteiger charge is -2.11. The summed E-state index contributed by atoms with van der Waals surface area (Å²) in [7, 11) is 0. The highest BCUT2D eigenvalue weighted by Gasteiger charge is 2.20. The van der Waals surface area contributed by atoms with E-state index in [1.807, 2.05) is 0 Å². The Labute approximate surface area is 294 Å². The van der Waals surface area contributed by atoms with Crippen LogP contribution in [-0.2, 0) is 0 Å². The van der Waals surface area contributed by atoms with Gasteiger partial charge in [0.05, 0.1) is 33.1 Å². The van der Waals surface area contributed by atoms with Crippen molar-refractivity contribution in [1.82, 2.24) is 13.7 Å². The topological polar surface area (TPSA) is 14.8 Å². The van der Waals surface area contributed by atoms with Gasteiger partial charge in [0.1, 0.15) is 0 Å². The first kappa shape index (κ1) is 28.0. The van der Waals surface area contributed by atoms with Crippen LogP contribution in [-0.4, -0.2) is 13.7 Å². The number of hydrogen-bond donors (Lipinski definition) is 0. The summed E-state index contributed by atoms with van der Waals surface area (Å²) in [5.41, 5.74) is 13.1. The van der Waals surface area contributed by atoms with Crippen LogP contribution in [0.1, 0.15) is 0 Å². The van der Waals surface area contributed by atoms with Gasteiger partial charge in [0.15, 0.2) is 0 Å². The van der Waals surface area contributed by atoms with E-state index in [1.54, 1.807) is 0 Å². The van der Waals surface area contributed by atoms with E-state index < -0.39 is 0 Å². The van der Waals surface area contributed by atoms with Gasteiger partial charge in [-0.1, -0.05) is 115 Å². The average molecular weight is 650 g/mol. The molecule has 238 valence electrons. The first-order valence-electron chi connectivity index (χ1n) is 17.5. The van der Waals surface area contributed by atoms with Crippen molar-refractivity contribution in [2.24, 2.45) is 0 Å². The van der Waals surface area contributed by atoms with Crippen molar-refractivity contribution in [1.29, 1.82) is 0 Å². The second kappa shape index (κ2) is 10.8. The van der Waals surface area contributed by atoms with Crippen LogP contribution in [0.3, 0.4) is 0 Å². The van der Waals surface area contributed by atoms with E-state index in [4.69, 9.17) is 0 Å². The molecule has 0 aliphatic heterocycles. The molecule has 0 radical (unpaired) electrons. The van der Waals surface area contributed by atoms with Gasteiger partial charge < -0.3 is 13.7 Å². The highest BCUT2D eigenvalue weighted by molar-refractivity contribution is 6.19. The molecule has 0 saturated heterocycles. The fourth-order valence-electron chi connectivity index (χ4n) is 8.40. The number of hydrogen-bond acceptors (Lipinski definition) is 0. The SMILES string of the molecule is c1ccc(-c2cccc(-n3c4ccccc4c4cc5c(cc43)c3ccccc3n5-c3ccc4c(c3)c3ccccc3n4-c3ccccc3)c2)cc1. The van der Waals surface area contributed by atoms with E-state index in [2.05, 4.69) is 202 Å². The molecule has 0 spiro atoms. The predicted octanol–water partition coefficient (Wildman–Crippen LogP) is 12.6. The third kappa shape index (κ3) is 4.12. The summed E-state index contributed by atoms with van der Waals surface area (Å²) < 4.78 is 7.28. The number of benzene rings is 8. The zero-order chi connectivity index (χ0) is 33.5. The molecule has 11 rings (SSSR count). The molecular formula is C48H31N3. The van der Waals surface area contributed by atoms with Gasteiger partial charge >= 0.3 is 0 Å². The highest BCUT2D eigenvalue weighted by Crippen LogP contribution is 2.41. The number of rotatable bonds is 4. The van der Waals surface area contributed by atoms with Gasteiger partial charge in [0.25, 0.3) is 0 Å². The summed E-state index contributed by atoms with van der Waals surface area (Å²) in [4.78, 5) is 0. The van der Waals surface area contributed by atoms with Gasteiger partial charge in [0, 0.05) is 49.4 Å². The van der Waals surface area contributed by atoms with E-state index in [1.165, 1.54) is 82.2 Å². The van der Waals surface area contributed by atoms with Crippen molar-refractivity contribution < 1.29 is 0 Å². The third-order valence-electron chi connectivity index (χ3n) is 10.6. The van der Waals surface area contributed by atoms with Crippen LogP contribution < -0.4 is 0 Å². The van der Waals surface area contributed by atoms with E-state index in [-0.39, 0.29) is 0 Å². The summed E-state index contributed by atoms with van der Waals surface area (Å²) in [6.07, 6.45) is 0. The van der Waals surface area contributed by atoms with Crippen LogP contribution in [0.4, 0.5) is 0 Å². The minimum atomic E-state index is 1.16. The minimum Gasteiger partial charge on any atom is -0.309 e. The van der Waals surface area contributed by atoms with Crippen molar-refractivity contribution >= 4 is 65.4 Å². The Hall–Kier alpha value is -6.84. The maximum atomic E-state index is 2.46.